The van der Waals surface area contributed by atoms with Crippen LogP contribution in [0.25, 0.3) is 0 Å². The zero-order chi connectivity index (χ0) is 11.4. The zero-order valence-electron chi connectivity index (χ0n) is 9.55. The van der Waals surface area contributed by atoms with Gasteiger partial charge in [-0.05, 0) is 24.4 Å². The van der Waals surface area contributed by atoms with Crippen LogP contribution in [0.2, 0.25) is 0 Å². The maximum Gasteiger partial charge on any atom is 0.0475 e. The van der Waals surface area contributed by atoms with E-state index in [1.165, 1.54) is 5.56 Å². The molecule has 2 atom stereocenters. The molecular weight excluding hydrogens is 200 g/mol. The van der Waals surface area contributed by atoms with Gasteiger partial charge in [0.15, 0.2) is 0 Å². The molecule has 1 heterocycles. The molecule has 16 heavy (non-hydrogen) atoms. The van der Waals surface area contributed by atoms with Gasteiger partial charge in [-0.2, -0.15) is 0 Å². The van der Waals surface area contributed by atoms with Gasteiger partial charge >= 0.3 is 0 Å². The van der Waals surface area contributed by atoms with Gasteiger partial charge in [-0.25, -0.2) is 0 Å². The summed E-state index contributed by atoms with van der Waals surface area (Å²) >= 11 is 0. The molecule has 0 spiro atoms. The lowest BCUT2D eigenvalue weighted by atomic mass is 9.93. The summed E-state index contributed by atoms with van der Waals surface area (Å²) in [5.74, 6) is 0.284. The van der Waals surface area contributed by atoms with Gasteiger partial charge in [-0.1, -0.05) is 30.3 Å². The van der Waals surface area contributed by atoms with Gasteiger partial charge in [-0.15, -0.1) is 0 Å². The topological polar surface area (TPSA) is 49.5 Å². The molecule has 3 N–H and O–H groups in total. The number of likely N-dealkylation sites (tertiary alicyclic amines) is 1. The lowest BCUT2D eigenvalue weighted by molar-refractivity contribution is 0.107. The molecule has 1 saturated heterocycles. The molecule has 0 aromatic heterocycles. The van der Waals surface area contributed by atoms with E-state index in [9.17, 15) is 0 Å². The first kappa shape index (κ1) is 11.6. The van der Waals surface area contributed by atoms with Crippen molar-refractivity contribution < 1.29 is 5.11 Å². The smallest absolute Gasteiger partial charge is 0.0475 e. The fourth-order valence-corrected chi connectivity index (χ4v) is 2.31. The Bertz CT molecular complexity index is 315. The molecule has 0 aliphatic carbocycles. The van der Waals surface area contributed by atoms with Crippen LogP contribution in [0.1, 0.15) is 12.0 Å². The highest BCUT2D eigenvalue weighted by Gasteiger charge is 2.25. The molecule has 1 aromatic carbocycles. The molecule has 1 aromatic rings. The van der Waals surface area contributed by atoms with E-state index in [-0.39, 0.29) is 18.6 Å². The summed E-state index contributed by atoms with van der Waals surface area (Å²) in [7, 11) is 0. The van der Waals surface area contributed by atoms with Crippen molar-refractivity contribution in [2.24, 2.45) is 11.7 Å². The normalized spacial score (nSPS) is 26.9. The Hall–Kier alpha value is -0.900. The quantitative estimate of drug-likeness (QED) is 0.793. The third-order valence-electron chi connectivity index (χ3n) is 3.37. The summed E-state index contributed by atoms with van der Waals surface area (Å²) in [5, 5.41) is 9.14. The van der Waals surface area contributed by atoms with E-state index in [2.05, 4.69) is 29.2 Å². The maximum absolute atomic E-state index is 9.14. The molecule has 2 rings (SSSR count). The van der Waals surface area contributed by atoms with Crippen molar-refractivity contribution in [2.45, 2.75) is 19.0 Å². The molecule has 1 aliphatic rings. The van der Waals surface area contributed by atoms with Crippen LogP contribution in [0.15, 0.2) is 30.3 Å². The first-order valence-corrected chi connectivity index (χ1v) is 5.92. The summed E-state index contributed by atoms with van der Waals surface area (Å²) in [5.41, 5.74) is 7.36. The number of hydrogen-bond acceptors (Lipinski definition) is 3. The highest BCUT2D eigenvalue weighted by molar-refractivity contribution is 5.14. The number of piperidine rings is 1. The Balaban J connectivity index is 1.89. The predicted molar refractivity (Wildman–Crippen MR) is 64.9 cm³/mol. The van der Waals surface area contributed by atoms with Crippen molar-refractivity contribution in [2.75, 3.05) is 19.7 Å². The van der Waals surface area contributed by atoms with Crippen LogP contribution in [0.4, 0.5) is 0 Å². The molecule has 0 saturated carbocycles. The Morgan fingerprint density at radius 3 is 2.69 bits per heavy atom. The average Bonchev–Trinajstić information content (AvgIpc) is 2.31. The Morgan fingerprint density at radius 2 is 2.06 bits per heavy atom. The minimum Gasteiger partial charge on any atom is -0.396 e. The van der Waals surface area contributed by atoms with Crippen LogP contribution in [0.5, 0.6) is 0 Å². The van der Waals surface area contributed by atoms with Crippen molar-refractivity contribution in [3.05, 3.63) is 35.9 Å². The van der Waals surface area contributed by atoms with Crippen molar-refractivity contribution in [1.29, 1.82) is 0 Å². The number of nitrogens with zero attached hydrogens (tertiary/aromatic N) is 1. The van der Waals surface area contributed by atoms with Crippen molar-refractivity contribution in [1.82, 2.24) is 4.90 Å². The highest BCUT2D eigenvalue weighted by atomic mass is 16.3. The first-order chi connectivity index (χ1) is 7.79. The van der Waals surface area contributed by atoms with Crippen LogP contribution in [0.3, 0.4) is 0 Å². The van der Waals surface area contributed by atoms with Crippen LogP contribution >= 0.6 is 0 Å². The van der Waals surface area contributed by atoms with E-state index in [1.807, 2.05) is 6.07 Å². The van der Waals surface area contributed by atoms with E-state index in [1.54, 1.807) is 0 Å². The molecule has 88 valence electrons. The number of hydrogen-bond donors (Lipinski definition) is 2. The van der Waals surface area contributed by atoms with Gasteiger partial charge in [0.05, 0.1) is 0 Å². The van der Waals surface area contributed by atoms with Crippen molar-refractivity contribution in [3.63, 3.8) is 0 Å². The second-order valence-electron chi connectivity index (χ2n) is 4.62. The number of aliphatic hydroxyl groups excluding tert-OH is 1. The third kappa shape index (κ3) is 2.82. The first-order valence-electron chi connectivity index (χ1n) is 5.92. The van der Waals surface area contributed by atoms with E-state index in [0.717, 1.165) is 26.1 Å². The summed E-state index contributed by atoms with van der Waals surface area (Å²) in [6.45, 7) is 3.11. The SMILES string of the molecule is N[C@@H]1CN(Cc2ccccc2)CC[C@@H]1CO. The van der Waals surface area contributed by atoms with E-state index >= 15 is 0 Å². The lowest BCUT2D eigenvalue weighted by Gasteiger charge is -2.35. The summed E-state index contributed by atoms with van der Waals surface area (Å²) in [6, 6.07) is 10.6. The second-order valence-corrected chi connectivity index (χ2v) is 4.62. The Labute approximate surface area is 96.9 Å². The largest absolute Gasteiger partial charge is 0.396 e. The van der Waals surface area contributed by atoms with Gasteiger partial charge in [0, 0.05) is 25.7 Å². The van der Waals surface area contributed by atoms with E-state index < -0.39 is 0 Å². The number of aliphatic hydroxyl groups is 1. The monoisotopic (exact) mass is 220 g/mol. The molecule has 1 aliphatic heterocycles. The molecule has 1 fully saturated rings. The Kier molecular flexibility index (Phi) is 3.93. The third-order valence-corrected chi connectivity index (χ3v) is 3.37. The fourth-order valence-electron chi connectivity index (χ4n) is 2.31. The zero-order valence-corrected chi connectivity index (χ0v) is 9.55. The summed E-state index contributed by atoms with van der Waals surface area (Å²) in [4.78, 5) is 2.37. The molecule has 3 heteroatoms. The van der Waals surface area contributed by atoms with Crippen LogP contribution < -0.4 is 5.73 Å². The van der Waals surface area contributed by atoms with Crippen LogP contribution in [-0.2, 0) is 6.54 Å². The number of benzene rings is 1. The van der Waals surface area contributed by atoms with Gasteiger partial charge < -0.3 is 10.8 Å². The summed E-state index contributed by atoms with van der Waals surface area (Å²) < 4.78 is 0. The molecule has 3 nitrogen and oxygen atoms in total. The average molecular weight is 220 g/mol. The van der Waals surface area contributed by atoms with E-state index in [0.29, 0.717) is 0 Å². The van der Waals surface area contributed by atoms with Gasteiger partial charge in [0.2, 0.25) is 0 Å². The molecule has 0 bridgehead atoms. The standard InChI is InChI=1S/C13H20N2O/c14-13-9-15(7-6-12(13)10-16)8-11-4-2-1-3-5-11/h1-5,12-13,16H,6-10,14H2/t12-,13-/m1/s1. The molecular formula is C13H20N2O. The Morgan fingerprint density at radius 1 is 1.31 bits per heavy atom. The summed E-state index contributed by atoms with van der Waals surface area (Å²) in [6.07, 6.45) is 1.00. The van der Waals surface area contributed by atoms with Crippen molar-refractivity contribution in [3.8, 4) is 0 Å². The highest BCUT2D eigenvalue weighted by Crippen LogP contribution is 2.17. The molecule has 0 radical (unpaired) electrons. The number of nitrogens with two attached hydrogens (primary N) is 1. The second kappa shape index (κ2) is 5.43. The van der Waals surface area contributed by atoms with Gasteiger partial charge in [0.1, 0.15) is 0 Å². The minimum atomic E-state index is 0.113. The van der Waals surface area contributed by atoms with E-state index in [4.69, 9.17) is 10.8 Å². The van der Waals surface area contributed by atoms with Gasteiger partial charge in [-0.3, -0.25) is 4.90 Å². The van der Waals surface area contributed by atoms with Crippen molar-refractivity contribution >= 4 is 0 Å². The molecule has 0 amide bonds. The lowest BCUT2D eigenvalue weighted by Crippen LogP contribution is -2.49. The van der Waals surface area contributed by atoms with Gasteiger partial charge in [0.25, 0.3) is 0 Å². The maximum atomic E-state index is 9.14. The minimum absolute atomic E-state index is 0.113. The molecule has 0 unspecified atom stereocenters. The van der Waals surface area contributed by atoms with Crippen LogP contribution in [0, 0.1) is 5.92 Å². The van der Waals surface area contributed by atoms with Crippen LogP contribution in [-0.4, -0.2) is 35.7 Å². The fraction of sp³-hybridized carbons (Fsp3) is 0.538. The predicted octanol–water partition coefficient (Wildman–Crippen LogP) is 0.828. The number of rotatable bonds is 3.